The lowest BCUT2D eigenvalue weighted by molar-refractivity contribution is -0.141. The third-order valence-electron chi connectivity index (χ3n) is 3.80. The Morgan fingerprint density at radius 3 is 2.73 bits per heavy atom. The predicted octanol–water partition coefficient (Wildman–Crippen LogP) is 1.68. The van der Waals surface area contributed by atoms with Gasteiger partial charge in [0, 0.05) is 17.8 Å². The molecule has 7 heteroatoms. The Hall–Kier alpha value is -1.89. The van der Waals surface area contributed by atoms with Gasteiger partial charge in [-0.25, -0.2) is 0 Å². The first kappa shape index (κ1) is 16.5. The van der Waals surface area contributed by atoms with E-state index >= 15 is 0 Å². The van der Waals surface area contributed by atoms with Crippen molar-refractivity contribution in [2.45, 2.75) is 44.7 Å². The number of rotatable bonds is 6. The zero-order valence-electron chi connectivity index (χ0n) is 12.4. The second-order valence-electron chi connectivity index (χ2n) is 5.59. The Balaban J connectivity index is 1.89. The number of carboxylic acid groups (broad SMARTS) is 1. The lowest BCUT2D eigenvalue weighted by atomic mass is 10.1. The second kappa shape index (κ2) is 7.40. The Morgan fingerprint density at radius 2 is 2.18 bits per heavy atom. The summed E-state index contributed by atoms with van der Waals surface area (Å²) in [6.45, 7) is 1.42. The van der Waals surface area contributed by atoms with Gasteiger partial charge in [0.2, 0.25) is 11.8 Å². The maximum atomic E-state index is 12.2. The normalized spacial score (nSPS) is 22.0. The molecule has 1 unspecified atom stereocenters. The van der Waals surface area contributed by atoms with Gasteiger partial charge in [-0.2, -0.15) is 0 Å². The van der Waals surface area contributed by atoms with Crippen LogP contribution in [-0.4, -0.2) is 28.9 Å². The molecular formula is C15H20N2O4S. The molecule has 1 aromatic rings. The number of carbonyl (C=O) groups is 3. The van der Waals surface area contributed by atoms with Crippen LogP contribution in [0.2, 0.25) is 0 Å². The predicted molar refractivity (Wildman–Crippen MR) is 82.4 cm³/mol. The fourth-order valence-electron chi connectivity index (χ4n) is 2.77. The minimum Gasteiger partial charge on any atom is -0.481 e. The summed E-state index contributed by atoms with van der Waals surface area (Å²) in [4.78, 5) is 35.3. The molecule has 1 aliphatic rings. The van der Waals surface area contributed by atoms with Crippen LogP contribution in [0.4, 0.5) is 0 Å². The maximum absolute atomic E-state index is 12.2. The molecule has 1 fully saturated rings. The van der Waals surface area contributed by atoms with Gasteiger partial charge in [-0.3, -0.25) is 14.4 Å². The number of hydrogen-bond donors (Lipinski definition) is 3. The van der Waals surface area contributed by atoms with Crippen molar-refractivity contribution in [2.75, 3.05) is 0 Å². The number of carboxylic acids is 1. The summed E-state index contributed by atoms with van der Waals surface area (Å²) in [6, 6.07) is 3.33. The second-order valence-corrected chi connectivity index (χ2v) is 6.56. The fourth-order valence-corrected chi connectivity index (χ4v) is 3.54. The lowest BCUT2D eigenvalue weighted by Gasteiger charge is -2.18. The van der Waals surface area contributed by atoms with E-state index in [2.05, 4.69) is 10.6 Å². The van der Waals surface area contributed by atoms with Gasteiger partial charge >= 0.3 is 5.97 Å². The van der Waals surface area contributed by atoms with Gasteiger partial charge in [0.25, 0.3) is 0 Å². The molecule has 22 heavy (non-hydrogen) atoms. The summed E-state index contributed by atoms with van der Waals surface area (Å²) >= 11 is 1.49. The topological polar surface area (TPSA) is 95.5 Å². The van der Waals surface area contributed by atoms with Crippen LogP contribution >= 0.6 is 11.3 Å². The minimum atomic E-state index is -0.800. The van der Waals surface area contributed by atoms with E-state index in [9.17, 15) is 14.4 Å². The molecule has 0 saturated heterocycles. The van der Waals surface area contributed by atoms with Crippen LogP contribution in [0.3, 0.4) is 0 Å². The smallest absolute Gasteiger partial charge is 0.306 e. The number of thiophene rings is 1. The van der Waals surface area contributed by atoms with Crippen molar-refractivity contribution in [2.24, 2.45) is 5.92 Å². The number of hydrogen-bond acceptors (Lipinski definition) is 4. The van der Waals surface area contributed by atoms with Crippen molar-refractivity contribution < 1.29 is 19.5 Å². The molecular weight excluding hydrogens is 304 g/mol. The molecule has 2 rings (SSSR count). The van der Waals surface area contributed by atoms with Crippen molar-refractivity contribution >= 4 is 29.1 Å². The highest BCUT2D eigenvalue weighted by Gasteiger charge is 2.31. The molecule has 0 bridgehead atoms. The van der Waals surface area contributed by atoms with Gasteiger partial charge in [-0.15, -0.1) is 11.3 Å². The van der Waals surface area contributed by atoms with E-state index in [0.29, 0.717) is 19.3 Å². The standard InChI is InChI=1S/C15H20N2O4S/c1-9(18)16-12(13-3-2-6-22-13)8-14(19)17-11-5-4-10(7-11)15(20)21/h2-3,6,10-12H,4-5,7-8H2,1H3,(H,16,18)(H,17,19)(H,20,21)/t10-,11+,12?/m0/s1. The molecule has 3 N–H and O–H groups in total. The largest absolute Gasteiger partial charge is 0.481 e. The first-order chi connectivity index (χ1) is 10.5. The zero-order valence-corrected chi connectivity index (χ0v) is 13.2. The molecule has 120 valence electrons. The summed E-state index contributed by atoms with van der Waals surface area (Å²) in [5, 5.41) is 16.5. The average molecular weight is 324 g/mol. The third-order valence-corrected chi connectivity index (χ3v) is 4.79. The summed E-state index contributed by atoms with van der Waals surface area (Å²) < 4.78 is 0. The highest BCUT2D eigenvalue weighted by molar-refractivity contribution is 7.10. The van der Waals surface area contributed by atoms with Crippen molar-refractivity contribution in [3.8, 4) is 0 Å². The highest BCUT2D eigenvalue weighted by Crippen LogP contribution is 2.26. The van der Waals surface area contributed by atoms with E-state index in [0.717, 1.165) is 4.88 Å². The quantitative estimate of drug-likeness (QED) is 0.742. The first-order valence-electron chi connectivity index (χ1n) is 7.28. The van der Waals surface area contributed by atoms with Gasteiger partial charge < -0.3 is 15.7 Å². The van der Waals surface area contributed by atoms with E-state index < -0.39 is 5.97 Å². The lowest BCUT2D eigenvalue weighted by Crippen LogP contribution is -2.37. The van der Waals surface area contributed by atoms with Crippen molar-refractivity contribution in [1.29, 1.82) is 0 Å². The molecule has 0 spiro atoms. The van der Waals surface area contributed by atoms with Crippen LogP contribution in [0.1, 0.15) is 43.5 Å². The van der Waals surface area contributed by atoms with Gasteiger partial charge in [0.15, 0.2) is 0 Å². The van der Waals surface area contributed by atoms with Gasteiger partial charge in [-0.05, 0) is 30.7 Å². The summed E-state index contributed by atoms with van der Waals surface area (Å²) in [5.74, 6) is -1.51. The molecule has 1 heterocycles. The summed E-state index contributed by atoms with van der Waals surface area (Å²) in [7, 11) is 0. The molecule has 0 radical (unpaired) electrons. The van der Waals surface area contributed by atoms with Crippen LogP contribution in [0.15, 0.2) is 17.5 Å². The van der Waals surface area contributed by atoms with Gasteiger partial charge in [0.05, 0.1) is 18.4 Å². The number of aliphatic carboxylic acids is 1. The highest BCUT2D eigenvalue weighted by atomic mass is 32.1. The van der Waals surface area contributed by atoms with Crippen molar-refractivity contribution in [3.05, 3.63) is 22.4 Å². The molecule has 0 aliphatic heterocycles. The average Bonchev–Trinajstić information content (AvgIpc) is 3.08. The number of nitrogens with one attached hydrogen (secondary N) is 2. The molecule has 2 amide bonds. The fraction of sp³-hybridized carbons (Fsp3) is 0.533. The third kappa shape index (κ3) is 4.56. The molecule has 0 aromatic carbocycles. The Kier molecular flexibility index (Phi) is 5.54. The van der Waals surface area contributed by atoms with Crippen LogP contribution < -0.4 is 10.6 Å². The van der Waals surface area contributed by atoms with Crippen molar-refractivity contribution in [1.82, 2.24) is 10.6 Å². The van der Waals surface area contributed by atoms with E-state index in [1.165, 1.54) is 18.3 Å². The summed E-state index contributed by atoms with van der Waals surface area (Å²) in [5.41, 5.74) is 0. The van der Waals surface area contributed by atoms with Gasteiger partial charge in [-0.1, -0.05) is 6.07 Å². The van der Waals surface area contributed by atoms with Gasteiger partial charge in [0.1, 0.15) is 0 Å². The Labute approximate surface area is 132 Å². The van der Waals surface area contributed by atoms with Crippen LogP contribution in [0.25, 0.3) is 0 Å². The maximum Gasteiger partial charge on any atom is 0.306 e. The van der Waals surface area contributed by atoms with E-state index in [-0.39, 0.29) is 36.2 Å². The Bertz CT molecular complexity index is 544. The molecule has 1 aliphatic carbocycles. The number of carbonyl (C=O) groups excluding carboxylic acids is 2. The van der Waals surface area contributed by atoms with E-state index in [4.69, 9.17) is 5.11 Å². The number of amides is 2. The van der Waals surface area contributed by atoms with Crippen LogP contribution in [0.5, 0.6) is 0 Å². The van der Waals surface area contributed by atoms with E-state index in [1.54, 1.807) is 0 Å². The van der Waals surface area contributed by atoms with E-state index in [1.807, 2.05) is 17.5 Å². The van der Waals surface area contributed by atoms with Crippen LogP contribution in [-0.2, 0) is 14.4 Å². The molecule has 1 saturated carbocycles. The SMILES string of the molecule is CC(=O)NC(CC(=O)N[C@@H]1CC[C@H](C(=O)O)C1)c1cccs1. The first-order valence-corrected chi connectivity index (χ1v) is 8.16. The molecule has 3 atom stereocenters. The van der Waals surface area contributed by atoms with Crippen molar-refractivity contribution in [3.63, 3.8) is 0 Å². The Morgan fingerprint density at radius 1 is 1.41 bits per heavy atom. The van der Waals surface area contributed by atoms with Crippen LogP contribution in [0, 0.1) is 5.92 Å². The summed E-state index contributed by atoms with van der Waals surface area (Å²) in [6.07, 6.45) is 1.92. The monoisotopic (exact) mass is 324 g/mol. The zero-order chi connectivity index (χ0) is 16.1. The molecule has 1 aromatic heterocycles. The minimum absolute atomic E-state index is 0.0880. The molecule has 6 nitrogen and oxygen atoms in total.